The van der Waals surface area contributed by atoms with Crippen LogP contribution in [0, 0.1) is 0 Å². The highest BCUT2D eigenvalue weighted by molar-refractivity contribution is 5.74. The highest BCUT2D eigenvalue weighted by Crippen LogP contribution is 2.06. The van der Waals surface area contributed by atoms with E-state index in [1.807, 2.05) is 6.92 Å². The van der Waals surface area contributed by atoms with Gasteiger partial charge in [0.15, 0.2) is 0 Å². The molecule has 4 nitrogen and oxygen atoms in total. The van der Waals surface area contributed by atoms with Gasteiger partial charge in [-0.3, -0.25) is 4.79 Å². The number of hydrogen-bond acceptors (Lipinski definition) is 3. The summed E-state index contributed by atoms with van der Waals surface area (Å²) < 4.78 is 0. The molecular weight excluding hydrogens is 142 g/mol. The SMILES string of the molecule is CCN([C]=O)c1ccnnc1. The summed E-state index contributed by atoms with van der Waals surface area (Å²) in [7, 11) is 0. The molecule has 4 heteroatoms. The fraction of sp³-hybridized carbons (Fsp3) is 0.286. The quantitative estimate of drug-likeness (QED) is 0.585. The molecule has 1 aromatic heterocycles. The molecule has 1 aromatic rings. The van der Waals surface area contributed by atoms with Gasteiger partial charge in [0.05, 0.1) is 18.1 Å². The van der Waals surface area contributed by atoms with Crippen LogP contribution in [-0.4, -0.2) is 23.2 Å². The monoisotopic (exact) mass is 150 g/mol. The Morgan fingerprint density at radius 2 is 2.45 bits per heavy atom. The standard InChI is InChI=1S/C7H8N3O/c1-2-10(6-11)7-3-4-8-9-5-7/h3-5H,2H2,1H3. The number of anilines is 1. The second-order valence-electron chi connectivity index (χ2n) is 1.94. The Hall–Kier alpha value is -1.45. The number of carbonyl (C=O) groups excluding carboxylic acids is 1. The smallest absolute Gasteiger partial charge is 0.303 e. The lowest BCUT2D eigenvalue weighted by molar-refractivity contribution is 0.552. The Bertz CT molecular complexity index is 224. The molecule has 1 rings (SSSR count). The average molecular weight is 150 g/mol. The highest BCUT2D eigenvalue weighted by atomic mass is 16.1. The van der Waals surface area contributed by atoms with Crippen LogP contribution in [0.1, 0.15) is 6.92 Å². The van der Waals surface area contributed by atoms with E-state index in [2.05, 4.69) is 10.2 Å². The summed E-state index contributed by atoms with van der Waals surface area (Å²) in [5, 5.41) is 7.22. The number of amides is 1. The normalized spacial score (nSPS) is 9.18. The number of aromatic nitrogens is 2. The maximum Gasteiger partial charge on any atom is 0.316 e. The summed E-state index contributed by atoms with van der Waals surface area (Å²) in [5.74, 6) is 0. The van der Waals surface area contributed by atoms with Gasteiger partial charge in [0.2, 0.25) is 0 Å². The second-order valence-corrected chi connectivity index (χ2v) is 1.94. The molecule has 0 aromatic carbocycles. The van der Waals surface area contributed by atoms with Gasteiger partial charge >= 0.3 is 6.41 Å². The molecule has 0 N–H and O–H groups in total. The fourth-order valence-electron chi connectivity index (χ4n) is 0.743. The third-order valence-electron chi connectivity index (χ3n) is 1.31. The van der Waals surface area contributed by atoms with E-state index < -0.39 is 0 Å². The molecule has 0 bridgehead atoms. The first-order valence-corrected chi connectivity index (χ1v) is 3.30. The lowest BCUT2D eigenvalue weighted by Gasteiger charge is -2.11. The second kappa shape index (κ2) is 3.65. The third kappa shape index (κ3) is 1.73. The minimum absolute atomic E-state index is 0.592. The van der Waals surface area contributed by atoms with Crippen molar-refractivity contribution in [2.75, 3.05) is 11.4 Å². The summed E-state index contributed by atoms with van der Waals surface area (Å²) in [4.78, 5) is 11.7. The van der Waals surface area contributed by atoms with Crippen LogP contribution in [0.5, 0.6) is 0 Å². The topological polar surface area (TPSA) is 46.1 Å². The van der Waals surface area contributed by atoms with Gasteiger partial charge in [-0.05, 0) is 13.0 Å². The summed E-state index contributed by atoms with van der Waals surface area (Å²) in [6.45, 7) is 2.46. The zero-order valence-corrected chi connectivity index (χ0v) is 6.19. The summed E-state index contributed by atoms with van der Waals surface area (Å²) in [6, 6.07) is 1.71. The number of nitrogens with zero attached hydrogens (tertiary/aromatic N) is 3. The van der Waals surface area contributed by atoms with E-state index in [1.54, 1.807) is 12.5 Å². The zero-order valence-electron chi connectivity index (χ0n) is 6.19. The molecule has 0 fully saturated rings. The van der Waals surface area contributed by atoms with Crippen LogP contribution in [0.25, 0.3) is 0 Å². The van der Waals surface area contributed by atoms with E-state index in [9.17, 15) is 4.79 Å². The Morgan fingerprint density at radius 3 is 2.91 bits per heavy atom. The number of hydrogen-bond donors (Lipinski definition) is 0. The van der Waals surface area contributed by atoms with Crippen molar-refractivity contribution in [2.45, 2.75) is 6.92 Å². The summed E-state index contributed by atoms with van der Waals surface area (Å²) >= 11 is 0. The van der Waals surface area contributed by atoms with Crippen LogP contribution in [0.15, 0.2) is 18.5 Å². The van der Waals surface area contributed by atoms with E-state index >= 15 is 0 Å². The van der Waals surface area contributed by atoms with Gasteiger partial charge in [-0.1, -0.05) is 0 Å². The van der Waals surface area contributed by atoms with E-state index in [-0.39, 0.29) is 0 Å². The van der Waals surface area contributed by atoms with Crippen molar-refractivity contribution in [2.24, 2.45) is 0 Å². The maximum atomic E-state index is 10.3. The van der Waals surface area contributed by atoms with Crippen LogP contribution in [0.2, 0.25) is 0 Å². The fourth-order valence-corrected chi connectivity index (χ4v) is 0.743. The molecule has 0 unspecified atom stereocenters. The minimum atomic E-state index is 0.592. The van der Waals surface area contributed by atoms with Crippen molar-refractivity contribution in [3.63, 3.8) is 0 Å². The van der Waals surface area contributed by atoms with E-state index in [0.29, 0.717) is 6.54 Å². The molecule has 11 heavy (non-hydrogen) atoms. The molecular formula is C7H8N3O. The van der Waals surface area contributed by atoms with Gasteiger partial charge in [0, 0.05) is 6.54 Å². The zero-order chi connectivity index (χ0) is 8.10. The summed E-state index contributed by atoms with van der Waals surface area (Å²) in [6.07, 6.45) is 4.84. The Labute approximate surface area is 64.9 Å². The molecule has 1 amide bonds. The first-order valence-electron chi connectivity index (χ1n) is 3.30. The summed E-state index contributed by atoms with van der Waals surface area (Å²) in [5.41, 5.74) is 0.720. The predicted octanol–water partition coefficient (Wildman–Crippen LogP) is 0.370. The van der Waals surface area contributed by atoms with Crippen LogP contribution in [0.4, 0.5) is 5.69 Å². The molecule has 0 aliphatic carbocycles. The van der Waals surface area contributed by atoms with E-state index in [0.717, 1.165) is 5.69 Å². The lowest BCUT2D eigenvalue weighted by Crippen LogP contribution is -2.19. The lowest BCUT2D eigenvalue weighted by atomic mass is 10.4. The Balaban J connectivity index is 2.82. The first-order chi connectivity index (χ1) is 5.38. The highest BCUT2D eigenvalue weighted by Gasteiger charge is 2.01. The van der Waals surface area contributed by atoms with Gasteiger partial charge in [0.25, 0.3) is 0 Å². The molecule has 0 saturated heterocycles. The number of rotatable bonds is 3. The van der Waals surface area contributed by atoms with Crippen molar-refractivity contribution in [3.8, 4) is 0 Å². The van der Waals surface area contributed by atoms with E-state index in [1.165, 1.54) is 17.3 Å². The van der Waals surface area contributed by atoms with Gasteiger partial charge in [-0.2, -0.15) is 10.2 Å². The van der Waals surface area contributed by atoms with Crippen LogP contribution in [0.3, 0.4) is 0 Å². The molecule has 1 heterocycles. The van der Waals surface area contributed by atoms with Gasteiger partial charge < -0.3 is 4.90 Å². The maximum absolute atomic E-state index is 10.3. The largest absolute Gasteiger partial charge is 0.316 e. The molecule has 0 atom stereocenters. The molecule has 1 radical (unpaired) electrons. The van der Waals surface area contributed by atoms with Crippen LogP contribution in [-0.2, 0) is 4.79 Å². The van der Waals surface area contributed by atoms with Crippen molar-refractivity contribution >= 4 is 12.1 Å². The average Bonchev–Trinajstić information content (AvgIpc) is 2.09. The van der Waals surface area contributed by atoms with Gasteiger partial charge in [-0.15, -0.1) is 0 Å². The van der Waals surface area contributed by atoms with Gasteiger partial charge in [-0.25, -0.2) is 0 Å². The van der Waals surface area contributed by atoms with E-state index in [4.69, 9.17) is 0 Å². The van der Waals surface area contributed by atoms with Crippen molar-refractivity contribution in [3.05, 3.63) is 18.5 Å². The first kappa shape index (κ1) is 7.65. The molecule has 0 spiro atoms. The van der Waals surface area contributed by atoms with Crippen molar-refractivity contribution < 1.29 is 4.79 Å². The Kier molecular flexibility index (Phi) is 2.54. The molecule has 0 saturated carbocycles. The molecule has 0 aliphatic heterocycles. The van der Waals surface area contributed by atoms with Crippen molar-refractivity contribution in [1.82, 2.24) is 10.2 Å². The molecule has 57 valence electrons. The minimum Gasteiger partial charge on any atom is -0.303 e. The van der Waals surface area contributed by atoms with Crippen LogP contribution >= 0.6 is 0 Å². The van der Waals surface area contributed by atoms with Gasteiger partial charge in [0.1, 0.15) is 0 Å². The molecule has 0 aliphatic rings. The van der Waals surface area contributed by atoms with Crippen LogP contribution < -0.4 is 4.90 Å². The third-order valence-corrected chi connectivity index (χ3v) is 1.31. The van der Waals surface area contributed by atoms with Crippen molar-refractivity contribution in [1.29, 1.82) is 0 Å². The predicted molar refractivity (Wildman–Crippen MR) is 40.7 cm³/mol. The Morgan fingerprint density at radius 1 is 1.64 bits per heavy atom.